The topological polar surface area (TPSA) is 83.6 Å². The molecule has 0 saturated carbocycles. The Morgan fingerprint density at radius 2 is 1.68 bits per heavy atom. The molecule has 1 aromatic rings. The van der Waals surface area contributed by atoms with Gasteiger partial charge in [0.15, 0.2) is 0 Å². The van der Waals surface area contributed by atoms with Crippen molar-refractivity contribution in [1.29, 1.82) is 0 Å². The smallest absolute Gasteiger partial charge is 0.212 e. The summed E-state index contributed by atoms with van der Waals surface area (Å²) in [5, 5.41) is 0. The minimum Gasteiger partial charge on any atom is -0.213 e. The van der Waals surface area contributed by atoms with E-state index in [2.05, 4.69) is 4.72 Å². The first-order chi connectivity index (χ1) is 10.3. The highest BCUT2D eigenvalue weighted by Crippen LogP contribution is 2.14. The number of nitrogens with one attached hydrogen (secondary N) is 1. The van der Waals surface area contributed by atoms with Crippen LogP contribution in [0.5, 0.6) is 0 Å². The van der Waals surface area contributed by atoms with Gasteiger partial charge >= 0.3 is 0 Å². The van der Waals surface area contributed by atoms with E-state index in [9.17, 15) is 16.8 Å². The van der Waals surface area contributed by atoms with Crippen molar-refractivity contribution >= 4 is 20.0 Å². The number of rotatable bonds is 6. The first-order valence-corrected chi connectivity index (χ1v) is 10.8. The van der Waals surface area contributed by atoms with E-state index in [1.807, 2.05) is 30.3 Å². The first kappa shape index (κ1) is 17.4. The molecule has 0 spiro atoms. The monoisotopic (exact) mass is 346 g/mol. The molecule has 0 amide bonds. The molecule has 22 heavy (non-hydrogen) atoms. The molecule has 0 aromatic heterocycles. The van der Waals surface area contributed by atoms with E-state index >= 15 is 0 Å². The maximum absolute atomic E-state index is 12.1. The zero-order valence-electron chi connectivity index (χ0n) is 12.6. The van der Waals surface area contributed by atoms with Crippen LogP contribution in [0.3, 0.4) is 0 Å². The molecular weight excluding hydrogens is 324 g/mol. The molecular formula is C14H22N2O4S2. The van der Waals surface area contributed by atoms with Crippen LogP contribution in [0.25, 0.3) is 0 Å². The average Bonchev–Trinajstić information content (AvgIpc) is 2.46. The molecule has 2 rings (SSSR count). The van der Waals surface area contributed by atoms with Crippen molar-refractivity contribution in [1.82, 2.24) is 9.03 Å². The number of nitrogens with zero attached hydrogens (tertiary/aromatic N) is 1. The van der Waals surface area contributed by atoms with Gasteiger partial charge in [0.2, 0.25) is 20.0 Å². The average molecular weight is 346 g/mol. The molecule has 8 heteroatoms. The Bertz CT molecular complexity index is 679. The summed E-state index contributed by atoms with van der Waals surface area (Å²) >= 11 is 0. The van der Waals surface area contributed by atoms with Gasteiger partial charge < -0.3 is 0 Å². The predicted octanol–water partition coefficient (Wildman–Crippen LogP) is 0.573. The molecule has 0 atom stereocenters. The highest BCUT2D eigenvalue weighted by atomic mass is 32.2. The lowest BCUT2D eigenvalue weighted by Gasteiger charge is -2.30. The quantitative estimate of drug-likeness (QED) is 0.816. The first-order valence-electron chi connectivity index (χ1n) is 7.25. The fourth-order valence-corrected chi connectivity index (χ4v) is 4.76. The number of piperidine rings is 1. The molecule has 1 aliphatic heterocycles. The van der Waals surface area contributed by atoms with Crippen molar-refractivity contribution in [2.75, 3.05) is 25.1 Å². The van der Waals surface area contributed by atoms with Crippen molar-refractivity contribution in [2.45, 2.75) is 25.3 Å². The van der Waals surface area contributed by atoms with Crippen molar-refractivity contribution in [3.8, 4) is 0 Å². The molecule has 1 heterocycles. The second-order valence-electron chi connectivity index (χ2n) is 5.61. The Morgan fingerprint density at radius 1 is 1.09 bits per heavy atom. The summed E-state index contributed by atoms with van der Waals surface area (Å²) in [6.07, 6.45) is 2.67. The van der Waals surface area contributed by atoms with Gasteiger partial charge in [-0.25, -0.2) is 25.9 Å². The van der Waals surface area contributed by atoms with Gasteiger partial charge in [0.25, 0.3) is 0 Å². The van der Waals surface area contributed by atoms with Gasteiger partial charge in [0, 0.05) is 19.1 Å². The third-order valence-electron chi connectivity index (χ3n) is 3.77. The van der Waals surface area contributed by atoms with Crippen LogP contribution in [0, 0.1) is 0 Å². The minimum atomic E-state index is -3.35. The predicted molar refractivity (Wildman–Crippen MR) is 86.5 cm³/mol. The molecule has 124 valence electrons. The maximum atomic E-state index is 12.1. The molecule has 0 bridgehead atoms. The third kappa shape index (κ3) is 5.35. The van der Waals surface area contributed by atoms with Crippen LogP contribution in [-0.2, 0) is 26.5 Å². The van der Waals surface area contributed by atoms with E-state index < -0.39 is 20.0 Å². The second kappa shape index (κ2) is 7.08. The lowest BCUT2D eigenvalue weighted by Crippen LogP contribution is -2.46. The van der Waals surface area contributed by atoms with Crippen molar-refractivity contribution in [2.24, 2.45) is 0 Å². The Balaban J connectivity index is 1.83. The summed E-state index contributed by atoms with van der Waals surface area (Å²) in [4.78, 5) is 0. The van der Waals surface area contributed by atoms with Crippen molar-refractivity contribution in [3.63, 3.8) is 0 Å². The number of hydrogen-bond donors (Lipinski definition) is 1. The molecule has 1 saturated heterocycles. The molecule has 1 N–H and O–H groups in total. The minimum absolute atomic E-state index is 0.0449. The summed E-state index contributed by atoms with van der Waals surface area (Å²) in [7, 11) is -6.53. The van der Waals surface area contributed by atoms with Gasteiger partial charge in [-0.05, 0) is 24.8 Å². The van der Waals surface area contributed by atoms with E-state index in [4.69, 9.17) is 0 Å². The van der Waals surface area contributed by atoms with E-state index in [1.165, 1.54) is 10.6 Å². The van der Waals surface area contributed by atoms with Gasteiger partial charge in [-0.15, -0.1) is 0 Å². The van der Waals surface area contributed by atoms with E-state index in [1.54, 1.807) is 0 Å². The van der Waals surface area contributed by atoms with Crippen LogP contribution in [0.15, 0.2) is 30.3 Å². The van der Waals surface area contributed by atoms with Gasteiger partial charge in [-0.3, -0.25) is 0 Å². The summed E-state index contributed by atoms with van der Waals surface area (Å²) in [5.74, 6) is 0.0449. The lowest BCUT2D eigenvalue weighted by atomic mass is 10.1. The Labute approximate surface area is 132 Å². The highest BCUT2D eigenvalue weighted by Gasteiger charge is 2.27. The summed E-state index contributed by atoms with van der Waals surface area (Å²) in [6, 6.07) is 9.29. The van der Waals surface area contributed by atoms with E-state index in [-0.39, 0.29) is 11.8 Å². The standard InChI is InChI=1S/C14H22N2O4S2/c1-21(17,18)16-10-7-14(8-11-16)15-22(19,20)12-9-13-5-3-2-4-6-13/h2-6,14-15H,7-12H2,1H3. The maximum Gasteiger partial charge on any atom is 0.212 e. The van der Waals surface area contributed by atoms with Gasteiger partial charge in [-0.1, -0.05) is 30.3 Å². The van der Waals surface area contributed by atoms with Gasteiger partial charge in [-0.2, -0.15) is 0 Å². The fourth-order valence-electron chi connectivity index (χ4n) is 2.52. The molecule has 6 nitrogen and oxygen atoms in total. The summed E-state index contributed by atoms with van der Waals surface area (Å²) in [5.41, 5.74) is 0.986. The third-order valence-corrected chi connectivity index (χ3v) is 6.51. The zero-order chi connectivity index (χ0) is 16.2. The fraction of sp³-hybridized carbons (Fsp3) is 0.571. The van der Waals surface area contributed by atoms with Gasteiger partial charge in [0.1, 0.15) is 0 Å². The van der Waals surface area contributed by atoms with Crippen molar-refractivity contribution in [3.05, 3.63) is 35.9 Å². The van der Waals surface area contributed by atoms with Crippen LogP contribution >= 0.6 is 0 Å². The molecule has 1 aromatic carbocycles. The number of hydrogen-bond acceptors (Lipinski definition) is 4. The summed E-state index contributed by atoms with van der Waals surface area (Å²) < 4.78 is 51.1. The van der Waals surface area contributed by atoms with E-state index in [0.717, 1.165) is 5.56 Å². The largest absolute Gasteiger partial charge is 0.213 e. The number of sulfonamides is 2. The Kier molecular flexibility index (Phi) is 5.60. The molecule has 0 unspecified atom stereocenters. The number of benzene rings is 1. The molecule has 0 aliphatic carbocycles. The van der Waals surface area contributed by atoms with Gasteiger partial charge in [0.05, 0.1) is 12.0 Å². The van der Waals surface area contributed by atoms with E-state index in [0.29, 0.717) is 32.4 Å². The normalized spacial score (nSPS) is 18.4. The van der Waals surface area contributed by atoms with Crippen LogP contribution in [0.4, 0.5) is 0 Å². The zero-order valence-corrected chi connectivity index (χ0v) is 14.2. The lowest BCUT2D eigenvalue weighted by molar-refractivity contribution is 0.310. The molecule has 1 fully saturated rings. The van der Waals surface area contributed by atoms with Crippen LogP contribution in [0.2, 0.25) is 0 Å². The highest BCUT2D eigenvalue weighted by molar-refractivity contribution is 7.89. The van der Waals surface area contributed by atoms with Crippen molar-refractivity contribution < 1.29 is 16.8 Å². The Morgan fingerprint density at radius 3 is 2.23 bits per heavy atom. The van der Waals surface area contributed by atoms with Crippen LogP contribution < -0.4 is 4.72 Å². The SMILES string of the molecule is CS(=O)(=O)N1CCC(NS(=O)(=O)CCc2ccccc2)CC1. The van der Waals surface area contributed by atoms with Crippen LogP contribution in [-0.4, -0.2) is 52.3 Å². The van der Waals surface area contributed by atoms with Crippen LogP contribution in [0.1, 0.15) is 18.4 Å². The number of aryl methyl sites for hydroxylation is 1. The molecule has 0 radical (unpaired) electrons. The summed E-state index contributed by atoms with van der Waals surface area (Å²) in [6.45, 7) is 0.732. The Hall–Kier alpha value is -0.960. The second-order valence-corrected chi connectivity index (χ2v) is 9.46. The molecule has 1 aliphatic rings.